The number of ether oxygens (including phenoxy) is 1. The lowest BCUT2D eigenvalue weighted by Gasteiger charge is -2.25. The molecule has 0 aromatic heterocycles. The first-order valence-corrected chi connectivity index (χ1v) is 9.77. The monoisotopic (exact) mass is 439 g/mol. The van der Waals surface area contributed by atoms with E-state index in [1.165, 1.54) is 7.11 Å². The van der Waals surface area contributed by atoms with Crippen LogP contribution in [0.2, 0.25) is 0 Å². The van der Waals surface area contributed by atoms with E-state index in [9.17, 15) is 13.2 Å². The van der Waals surface area contributed by atoms with E-state index in [2.05, 4.69) is 37.2 Å². The average Bonchev–Trinajstić information content (AvgIpc) is 2.42. The Labute approximate surface area is 140 Å². The number of methoxy groups -OCH3 is 1. The second-order valence-electron chi connectivity index (χ2n) is 4.87. The molecule has 0 radical (unpaired) electrons. The summed E-state index contributed by atoms with van der Waals surface area (Å²) >= 11 is 6.77. The van der Waals surface area contributed by atoms with Gasteiger partial charge in [0, 0.05) is 15.0 Å². The minimum atomic E-state index is -2.91. The molecule has 1 fully saturated rings. The van der Waals surface area contributed by atoms with E-state index in [0.717, 1.165) is 8.95 Å². The quantitative estimate of drug-likeness (QED) is 0.731. The molecule has 1 aliphatic heterocycles. The highest BCUT2D eigenvalue weighted by Gasteiger charge is 2.25. The maximum absolute atomic E-state index is 11.9. The van der Waals surface area contributed by atoms with Crippen LogP contribution in [0.25, 0.3) is 0 Å². The van der Waals surface area contributed by atoms with E-state index in [1.807, 2.05) is 6.07 Å². The number of esters is 1. The van der Waals surface area contributed by atoms with Gasteiger partial charge in [-0.3, -0.25) is 0 Å². The van der Waals surface area contributed by atoms with E-state index in [4.69, 9.17) is 4.74 Å². The van der Waals surface area contributed by atoms with E-state index in [-0.39, 0.29) is 17.5 Å². The van der Waals surface area contributed by atoms with Crippen LogP contribution in [0.4, 0.5) is 5.69 Å². The van der Waals surface area contributed by atoms with Crippen LogP contribution in [0.3, 0.4) is 0 Å². The summed E-state index contributed by atoms with van der Waals surface area (Å²) in [6.45, 7) is 0. The van der Waals surface area contributed by atoms with Crippen molar-refractivity contribution < 1.29 is 17.9 Å². The summed E-state index contributed by atoms with van der Waals surface area (Å²) in [6, 6.07) is 3.53. The maximum Gasteiger partial charge on any atom is 0.340 e. The lowest BCUT2D eigenvalue weighted by molar-refractivity contribution is 0.0601. The minimum absolute atomic E-state index is 0.0226. The van der Waals surface area contributed by atoms with Crippen molar-refractivity contribution in [1.82, 2.24) is 0 Å². The molecule has 0 atom stereocenters. The Kier molecular flexibility index (Phi) is 5.32. The molecule has 1 aliphatic rings. The number of benzene rings is 1. The summed E-state index contributed by atoms with van der Waals surface area (Å²) < 4.78 is 29.2. The van der Waals surface area contributed by atoms with Gasteiger partial charge in [-0.1, -0.05) is 15.9 Å². The van der Waals surface area contributed by atoms with Crippen LogP contribution >= 0.6 is 31.9 Å². The van der Waals surface area contributed by atoms with Crippen LogP contribution in [0.5, 0.6) is 0 Å². The van der Waals surface area contributed by atoms with Crippen molar-refractivity contribution in [1.29, 1.82) is 0 Å². The van der Waals surface area contributed by atoms with Gasteiger partial charge >= 0.3 is 5.97 Å². The molecular weight excluding hydrogens is 426 g/mol. The highest BCUT2D eigenvalue weighted by Crippen LogP contribution is 2.33. The Bertz CT molecular complexity index is 646. The predicted octanol–water partition coefficient (Wildman–Crippen LogP) is 2.99. The Morgan fingerprint density at radius 3 is 2.48 bits per heavy atom. The van der Waals surface area contributed by atoms with E-state index < -0.39 is 15.8 Å². The summed E-state index contributed by atoms with van der Waals surface area (Å²) in [5, 5.41) is 3.26. The van der Waals surface area contributed by atoms with Crippen molar-refractivity contribution in [2.24, 2.45) is 0 Å². The number of rotatable bonds is 3. The largest absolute Gasteiger partial charge is 0.465 e. The molecule has 0 bridgehead atoms. The average molecular weight is 441 g/mol. The van der Waals surface area contributed by atoms with Crippen molar-refractivity contribution in [3.8, 4) is 0 Å². The Morgan fingerprint density at radius 1 is 1.29 bits per heavy atom. The molecule has 2 rings (SSSR count). The van der Waals surface area contributed by atoms with Gasteiger partial charge in [0.1, 0.15) is 9.84 Å². The SMILES string of the molecule is COC(=O)c1cc(Br)cc(Br)c1NC1CCS(=O)(=O)CC1. The number of carbonyl (C=O) groups is 1. The summed E-state index contributed by atoms with van der Waals surface area (Å²) in [7, 11) is -1.58. The second-order valence-corrected chi connectivity index (χ2v) is 8.95. The van der Waals surface area contributed by atoms with Gasteiger partial charge < -0.3 is 10.1 Å². The number of carbonyl (C=O) groups excluding carboxylic acids is 1. The van der Waals surface area contributed by atoms with Crippen LogP contribution in [0, 0.1) is 0 Å². The third-order valence-corrected chi connectivity index (χ3v) is 6.16. The van der Waals surface area contributed by atoms with Crippen LogP contribution in [0.15, 0.2) is 21.1 Å². The first kappa shape index (κ1) is 16.8. The van der Waals surface area contributed by atoms with Crippen LogP contribution < -0.4 is 5.32 Å². The zero-order valence-electron chi connectivity index (χ0n) is 11.4. The highest BCUT2D eigenvalue weighted by molar-refractivity contribution is 9.11. The normalized spacial score (nSPS) is 18.2. The molecule has 0 aliphatic carbocycles. The minimum Gasteiger partial charge on any atom is -0.465 e. The molecule has 0 saturated carbocycles. The van der Waals surface area contributed by atoms with Crippen molar-refractivity contribution in [3.05, 3.63) is 26.6 Å². The molecule has 21 heavy (non-hydrogen) atoms. The summed E-state index contributed by atoms with van der Waals surface area (Å²) in [5.41, 5.74) is 1.04. The Hall–Kier alpha value is -0.600. The smallest absolute Gasteiger partial charge is 0.340 e. The molecule has 0 spiro atoms. The van der Waals surface area contributed by atoms with Crippen molar-refractivity contribution >= 4 is 53.4 Å². The summed E-state index contributed by atoms with van der Waals surface area (Å²) in [6.07, 6.45) is 1.07. The molecule has 1 aromatic carbocycles. The van der Waals surface area contributed by atoms with Gasteiger partial charge in [0.25, 0.3) is 0 Å². The molecule has 116 valence electrons. The number of hydrogen-bond donors (Lipinski definition) is 1. The Balaban J connectivity index is 2.25. The highest BCUT2D eigenvalue weighted by atomic mass is 79.9. The van der Waals surface area contributed by atoms with Gasteiger partial charge in [-0.15, -0.1) is 0 Å². The van der Waals surface area contributed by atoms with E-state index >= 15 is 0 Å². The first-order chi connectivity index (χ1) is 9.82. The van der Waals surface area contributed by atoms with Crippen molar-refractivity contribution in [3.63, 3.8) is 0 Å². The summed E-state index contributed by atoms with van der Waals surface area (Å²) in [4.78, 5) is 11.9. The zero-order chi connectivity index (χ0) is 15.6. The van der Waals surface area contributed by atoms with Crippen molar-refractivity contribution in [2.75, 3.05) is 23.9 Å². The fourth-order valence-corrected chi connectivity index (χ4v) is 5.06. The van der Waals surface area contributed by atoms with Crippen LogP contribution in [0.1, 0.15) is 23.2 Å². The van der Waals surface area contributed by atoms with Gasteiger partial charge in [0.05, 0.1) is 29.9 Å². The van der Waals surface area contributed by atoms with Crippen molar-refractivity contribution in [2.45, 2.75) is 18.9 Å². The maximum atomic E-state index is 11.9. The molecule has 0 amide bonds. The molecule has 5 nitrogen and oxygen atoms in total. The third-order valence-electron chi connectivity index (χ3n) is 3.36. The fraction of sp³-hybridized carbons (Fsp3) is 0.462. The molecule has 8 heteroatoms. The van der Waals surface area contributed by atoms with Crippen LogP contribution in [-0.2, 0) is 14.6 Å². The molecule has 1 saturated heterocycles. The van der Waals surface area contributed by atoms with E-state index in [1.54, 1.807) is 6.07 Å². The van der Waals surface area contributed by atoms with Gasteiger partial charge in [-0.05, 0) is 40.9 Å². The molecular formula is C13H15Br2NO4S. The standard InChI is InChI=1S/C13H15Br2NO4S/c1-20-13(17)10-6-8(14)7-11(15)12(10)16-9-2-4-21(18,19)5-3-9/h6-7,9,16H,2-5H2,1H3. The van der Waals surface area contributed by atoms with Gasteiger partial charge in [-0.25, -0.2) is 13.2 Å². The first-order valence-electron chi connectivity index (χ1n) is 6.37. The zero-order valence-corrected chi connectivity index (χ0v) is 15.3. The number of sulfone groups is 1. The van der Waals surface area contributed by atoms with Gasteiger partial charge in [-0.2, -0.15) is 0 Å². The third kappa shape index (κ3) is 4.20. The van der Waals surface area contributed by atoms with Gasteiger partial charge in [0.15, 0.2) is 0 Å². The lowest BCUT2D eigenvalue weighted by atomic mass is 10.1. The molecule has 1 N–H and O–H groups in total. The number of halogens is 2. The number of hydrogen-bond acceptors (Lipinski definition) is 5. The predicted molar refractivity (Wildman–Crippen MR) is 88.5 cm³/mol. The fourth-order valence-electron chi connectivity index (χ4n) is 2.23. The molecule has 0 unspecified atom stereocenters. The Morgan fingerprint density at radius 2 is 1.90 bits per heavy atom. The lowest BCUT2D eigenvalue weighted by Crippen LogP contribution is -2.32. The van der Waals surface area contributed by atoms with Gasteiger partial charge in [0.2, 0.25) is 0 Å². The van der Waals surface area contributed by atoms with E-state index in [0.29, 0.717) is 24.1 Å². The summed E-state index contributed by atoms with van der Waals surface area (Å²) in [5.74, 6) is -0.0958. The molecule has 1 aromatic rings. The number of nitrogens with one attached hydrogen (secondary N) is 1. The topological polar surface area (TPSA) is 72.5 Å². The van der Waals surface area contributed by atoms with Crippen LogP contribution in [-0.4, -0.2) is 39.0 Å². The second kappa shape index (κ2) is 6.66. The molecule has 1 heterocycles. The number of anilines is 1.